The van der Waals surface area contributed by atoms with E-state index < -0.39 is 0 Å². The van der Waals surface area contributed by atoms with E-state index in [2.05, 4.69) is 20.8 Å². The molecular formula is C18H26N4O. The fourth-order valence-corrected chi connectivity index (χ4v) is 3.77. The van der Waals surface area contributed by atoms with Crippen LogP contribution in [-0.4, -0.2) is 32.7 Å². The fourth-order valence-electron chi connectivity index (χ4n) is 3.77. The van der Waals surface area contributed by atoms with Crippen molar-refractivity contribution in [1.82, 2.24) is 19.6 Å². The summed E-state index contributed by atoms with van der Waals surface area (Å²) < 4.78 is 7.72. The van der Waals surface area contributed by atoms with E-state index in [0.717, 1.165) is 43.6 Å². The van der Waals surface area contributed by atoms with Gasteiger partial charge in [0.1, 0.15) is 11.6 Å². The molecule has 1 unspecified atom stereocenters. The topological polar surface area (TPSA) is 47.1 Å². The highest BCUT2D eigenvalue weighted by Crippen LogP contribution is 2.33. The van der Waals surface area contributed by atoms with Crippen molar-refractivity contribution >= 4 is 0 Å². The summed E-state index contributed by atoms with van der Waals surface area (Å²) >= 11 is 0. The summed E-state index contributed by atoms with van der Waals surface area (Å²) in [4.78, 5) is 7.23. The minimum atomic E-state index is 0.554. The summed E-state index contributed by atoms with van der Waals surface area (Å²) in [5, 5.41) is 4.09. The molecule has 124 valence electrons. The fraction of sp³-hybridized carbons (Fsp3) is 0.667. The molecule has 1 aliphatic carbocycles. The first-order valence-electron chi connectivity index (χ1n) is 8.86. The van der Waals surface area contributed by atoms with Gasteiger partial charge in [0.2, 0.25) is 0 Å². The summed E-state index contributed by atoms with van der Waals surface area (Å²) in [5.74, 6) is 3.70. The molecule has 1 saturated heterocycles. The predicted molar refractivity (Wildman–Crippen MR) is 88.2 cm³/mol. The van der Waals surface area contributed by atoms with Gasteiger partial charge in [0.05, 0.1) is 5.69 Å². The Morgan fingerprint density at radius 2 is 2.13 bits per heavy atom. The summed E-state index contributed by atoms with van der Waals surface area (Å²) in [5.41, 5.74) is 2.28. The van der Waals surface area contributed by atoms with Gasteiger partial charge in [-0.25, -0.2) is 4.98 Å². The van der Waals surface area contributed by atoms with Crippen LogP contribution in [0.5, 0.6) is 0 Å². The monoisotopic (exact) mass is 314 g/mol. The van der Waals surface area contributed by atoms with Gasteiger partial charge in [-0.05, 0) is 52.0 Å². The number of piperidine rings is 1. The van der Waals surface area contributed by atoms with E-state index >= 15 is 0 Å². The first kappa shape index (κ1) is 14.9. The lowest BCUT2D eigenvalue weighted by atomic mass is 9.96. The van der Waals surface area contributed by atoms with Crippen molar-refractivity contribution in [3.05, 3.63) is 35.2 Å². The lowest BCUT2D eigenvalue weighted by Crippen LogP contribution is -2.35. The second-order valence-electron chi connectivity index (χ2n) is 7.26. The summed E-state index contributed by atoms with van der Waals surface area (Å²) in [6, 6.07) is 0. The van der Waals surface area contributed by atoms with Gasteiger partial charge in [-0.15, -0.1) is 0 Å². The largest absolute Gasteiger partial charge is 0.361 e. The number of likely N-dealkylation sites (tertiary alicyclic amines) is 1. The van der Waals surface area contributed by atoms with Crippen molar-refractivity contribution in [2.24, 2.45) is 5.92 Å². The minimum absolute atomic E-state index is 0.554. The van der Waals surface area contributed by atoms with Crippen LogP contribution in [0.3, 0.4) is 0 Å². The second kappa shape index (κ2) is 6.11. The van der Waals surface area contributed by atoms with Gasteiger partial charge in [-0.2, -0.15) is 0 Å². The van der Waals surface area contributed by atoms with E-state index in [1.54, 1.807) is 0 Å². The molecule has 2 fully saturated rings. The summed E-state index contributed by atoms with van der Waals surface area (Å²) in [6.45, 7) is 8.40. The highest BCUT2D eigenvalue weighted by molar-refractivity contribution is 5.20. The molecule has 5 heteroatoms. The van der Waals surface area contributed by atoms with Crippen LogP contribution in [0.2, 0.25) is 0 Å². The molecule has 1 saturated carbocycles. The molecule has 0 amide bonds. The van der Waals surface area contributed by atoms with E-state index in [4.69, 9.17) is 9.51 Å². The SMILES string of the molecule is Cc1noc(C)c1CN1CCCC(c2nccn2CC2CC2)C1. The average Bonchev–Trinajstić information content (AvgIpc) is 3.16. The molecule has 2 aliphatic rings. The zero-order chi connectivity index (χ0) is 15.8. The van der Waals surface area contributed by atoms with Crippen LogP contribution < -0.4 is 0 Å². The van der Waals surface area contributed by atoms with Gasteiger partial charge in [-0.3, -0.25) is 4.90 Å². The van der Waals surface area contributed by atoms with Gasteiger partial charge < -0.3 is 9.09 Å². The Morgan fingerprint density at radius 3 is 2.87 bits per heavy atom. The number of hydrogen-bond acceptors (Lipinski definition) is 4. The van der Waals surface area contributed by atoms with Crippen molar-refractivity contribution in [3.8, 4) is 0 Å². The minimum Gasteiger partial charge on any atom is -0.361 e. The van der Waals surface area contributed by atoms with Crippen molar-refractivity contribution < 1.29 is 4.52 Å². The maximum absolute atomic E-state index is 5.31. The van der Waals surface area contributed by atoms with Crippen LogP contribution in [0.1, 0.15) is 54.4 Å². The standard InChI is InChI=1S/C18H26N4O/c1-13-17(14(2)23-20-13)12-21-8-3-4-16(11-21)18-19-7-9-22(18)10-15-5-6-15/h7,9,15-16H,3-6,8,10-12H2,1-2H3. The van der Waals surface area contributed by atoms with Crippen molar-refractivity contribution in [2.45, 2.75) is 58.5 Å². The third-order valence-electron chi connectivity index (χ3n) is 5.33. The first-order chi connectivity index (χ1) is 11.2. The Labute approximate surface area is 137 Å². The molecule has 3 heterocycles. The van der Waals surface area contributed by atoms with Gasteiger partial charge in [0, 0.05) is 43.5 Å². The molecule has 1 aliphatic heterocycles. The number of aromatic nitrogens is 3. The molecule has 4 rings (SSSR count). The molecule has 0 N–H and O–H groups in total. The van der Waals surface area contributed by atoms with Crippen molar-refractivity contribution in [2.75, 3.05) is 13.1 Å². The number of aryl methyl sites for hydroxylation is 2. The molecule has 0 aromatic carbocycles. The molecule has 0 radical (unpaired) electrons. The van der Waals surface area contributed by atoms with Crippen molar-refractivity contribution in [3.63, 3.8) is 0 Å². The first-order valence-corrected chi connectivity index (χ1v) is 8.86. The quantitative estimate of drug-likeness (QED) is 0.850. The normalized spacial score (nSPS) is 22.6. The Bertz CT molecular complexity index is 651. The van der Waals surface area contributed by atoms with E-state index in [1.807, 2.05) is 20.0 Å². The number of rotatable bonds is 5. The molecule has 0 bridgehead atoms. The lowest BCUT2D eigenvalue weighted by Gasteiger charge is -2.32. The third-order valence-corrected chi connectivity index (χ3v) is 5.33. The smallest absolute Gasteiger partial charge is 0.138 e. The summed E-state index contributed by atoms with van der Waals surface area (Å²) in [6.07, 6.45) is 9.41. The van der Waals surface area contributed by atoms with Gasteiger partial charge >= 0.3 is 0 Å². The molecule has 1 atom stereocenters. The highest BCUT2D eigenvalue weighted by atomic mass is 16.5. The van der Waals surface area contributed by atoms with E-state index in [-0.39, 0.29) is 0 Å². The van der Waals surface area contributed by atoms with Crippen LogP contribution in [0, 0.1) is 19.8 Å². The van der Waals surface area contributed by atoms with E-state index in [0.29, 0.717) is 5.92 Å². The highest BCUT2D eigenvalue weighted by Gasteiger charge is 2.28. The van der Waals surface area contributed by atoms with Crippen LogP contribution in [-0.2, 0) is 13.1 Å². The average molecular weight is 314 g/mol. The van der Waals surface area contributed by atoms with Crippen LogP contribution in [0.25, 0.3) is 0 Å². The Balaban J connectivity index is 1.45. The lowest BCUT2D eigenvalue weighted by molar-refractivity contribution is 0.193. The Kier molecular flexibility index (Phi) is 3.97. The van der Waals surface area contributed by atoms with Gasteiger partial charge in [0.25, 0.3) is 0 Å². The van der Waals surface area contributed by atoms with Crippen LogP contribution in [0.4, 0.5) is 0 Å². The zero-order valence-corrected chi connectivity index (χ0v) is 14.2. The number of hydrogen-bond donors (Lipinski definition) is 0. The molecule has 2 aromatic heterocycles. The van der Waals surface area contributed by atoms with E-state index in [9.17, 15) is 0 Å². The second-order valence-corrected chi connectivity index (χ2v) is 7.26. The Hall–Kier alpha value is -1.62. The molecule has 5 nitrogen and oxygen atoms in total. The van der Waals surface area contributed by atoms with Crippen LogP contribution in [0.15, 0.2) is 16.9 Å². The molecule has 2 aromatic rings. The number of nitrogens with zero attached hydrogens (tertiary/aromatic N) is 4. The van der Waals surface area contributed by atoms with Crippen molar-refractivity contribution in [1.29, 1.82) is 0 Å². The molecular weight excluding hydrogens is 288 g/mol. The predicted octanol–water partition coefficient (Wildman–Crippen LogP) is 3.28. The summed E-state index contributed by atoms with van der Waals surface area (Å²) in [7, 11) is 0. The maximum Gasteiger partial charge on any atom is 0.138 e. The maximum atomic E-state index is 5.31. The van der Waals surface area contributed by atoms with E-state index in [1.165, 1.54) is 37.1 Å². The molecule has 23 heavy (non-hydrogen) atoms. The van der Waals surface area contributed by atoms with Gasteiger partial charge in [0.15, 0.2) is 0 Å². The molecule has 0 spiro atoms. The number of imidazole rings is 1. The van der Waals surface area contributed by atoms with Gasteiger partial charge in [-0.1, -0.05) is 5.16 Å². The zero-order valence-electron chi connectivity index (χ0n) is 14.2. The van der Waals surface area contributed by atoms with Crippen LogP contribution >= 0.6 is 0 Å². The Morgan fingerprint density at radius 1 is 1.26 bits per heavy atom. The third kappa shape index (κ3) is 3.20.